The average Bonchev–Trinajstić information content (AvgIpc) is 2.80. The van der Waals surface area contributed by atoms with Crippen LogP contribution in [0.2, 0.25) is 0 Å². The molecule has 0 saturated carbocycles. The fourth-order valence-corrected chi connectivity index (χ4v) is 1.42. The van der Waals surface area contributed by atoms with Gasteiger partial charge in [-0.3, -0.25) is 0 Å². The Hall–Kier alpha value is -1.68. The maximum atomic E-state index is 4.49. The first-order chi connectivity index (χ1) is 7.75. The maximum Gasteiger partial charge on any atom is 0.142 e. The third-order valence-electron chi connectivity index (χ3n) is 2.27. The van der Waals surface area contributed by atoms with Gasteiger partial charge in [-0.2, -0.15) is 0 Å². The number of hydrogen-bond donors (Lipinski definition) is 2. The van der Waals surface area contributed by atoms with Crippen molar-refractivity contribution < 1.29 is 0 Å². The van der Waals surface area contributed by atoms with Gasteiger partial charge in [0.15, 0.2) is 0 Å². The van der Waals surface area contributed by atoms with E-state index in [9.17, 15) is 0 Å². The summed E-state index contributed by atoms with van der Waals surface area (Å²) in [4.78, 5) is 11.8. The molecule has 84 valence electrons. The first-order valence-electron chi connectivity index (χ1n) is 5.44. The Bertz CT molecular complexity index is 434. The molecule has 2 aromatic heterocycles. The fourth-order valence-electron chi connectivity index (χ4n) is 1.42. The Morgan fingerprint density at radius 2 is 2.25 bits per heavy atom. The predicted octanol–water partition coefficient (Wildman–Crippen LogP) is 1.97. The van der Waals surface area contributed by atoms with Crippen LogP contribution in [0.4, 0.5) is 0 Å². The molecule has 0 radical (unpaired) electrons. The van der Waals surface area contributed by atoms with Crippen LogP contribution in [0.5, 0.6) is 0 Å². The number of nitrogens with one attached hydrogen (secondary N) is 2. The normalized spacial score (nSPS) is 10.9. The van der Waals surface area contributed by atoms with E-state index in [0.29, 0.717) is 12.6 Å². The van der Waals surface area contributed by atoms with Gasteiger partial charge in [0.1, 0.15) is 5.82 Å². The molecule has 0 aliphatic rings. The van der Waals surface area contributed by atoms with Crippen LogP contribution in [-0.4, -0.2) is 21.0 Å². The first kappa shape index (κ1) is 10.8. The van der Waals surface area contributed by atoms with Gasteiger partial charge in [-0.25, -0.2) is 9.97 Å². The number of H-pyrrole nitrogens is 1. The highest BCUT2D eigenvalue weighted by Crippen LogP contribution is 2.14. The molecule has 16 heavy (non-hydrogen) atoms. The van der Waals surface area contributed by atoms with E-state index in [-0.39, 0.29) is 0 Å². The lowest BCUT2D eigenvalue weighted by Crippen LogP contribution is -2.23. The lowest BCUT2D eigenvalue weighted by Gasteiger charge is -2.07. The molecular weight excluding hydrogens is 200 g/mol. The van der Waals surface area contributed by atoms with E-state index < -0.39 is 0 Å². The molecule has 0 fully saturated rings. The molecule has 0 saturated heterocycles. The second-order valence-electron chi connectivity index (χ2n) is 3.99. The molecule has 0 spiro atoms. The lowest BCUT2D eigenvalue weighted by molar-refractivity contribution is 0.572. The molecule has 0 aromatic carbocycles. The van der Waals surface area contributed by atoms with Crippen LogP contribution < -0.4 is 5.32 Å². The zero-order valence-corrected chi connectivity index (χ0v) is 9.57. The highest BCUT2D eigenvalue weighted by Gasteiger charge is 2.02. The maximum absolute atomic E-state index is 4.49. The monoisotopic (exact) mass is 216 g/mol. The van der Waals surface area contributed by atoms with E-state index in [4.69, 9.17) is 0 Å². The van der Waals surface area contributed by atoms with Crippen molar-refractivity contribution in [3.05, 3.63) is 36.5 Å². The molecule has 4 heteroatoms. The average molecular weight is 216 g/mol. The van der Waals surface area contributed by atoms with Crippen molar-refractivity contribution in [3.63, 3.8) is 0 Å². The van der Waals surface area contributed by atoms with E-state index in [0.717, 1.165) is 17.1 Å². The summed E-state index contributed by atoms with van der Waals surface area (Å²) in [6.45, 7) is 4.92. The number of aromatic nitrogens is 3. The molecule has 2 rings (SSSR count). The third kappa shape index (κ3) is 2.67. The zero-order chi connectivity index (χ0) is 11.4. The Balaban J connectivity index is 2.14. The largest absolute Gasteiger partial charge is 0.367 e. The summed E-state index contributed by atoms with van der Waals surface area (Å²) in [6, 6.07) is 4.36. The van der Waals surface area contributed by atoms with E-state index >= 15 is 0 Å². The van der Waals surface area contributed by atoms with Crippen molar-refractivity contribution in [2.24, 2.45) is 0 Å². The highest BCUT2D eigenvalue weighted by atomic mass is 15.0. The van der Waals surface area contributed by atoms with Crippen molar-refractivity contribution in [2.75, 3.05) is 0 Å². The Morgan fingerprint density at radius 3 is 2.94 bits per heavy atom. The highest BCUT2D eigenvalue weighted by molar-refractivity contribution is 5.57. The molecule has 2 aromatic rings. The van der Waals surface area contributed by atoms with Crippen LogP contribution in [0, 0.1) is 0 Å². The minimum Gasteiger partial charge on any atom is -0.367 e. The predicted molar refractivity (Wildman–Crippen MR) is 63.8 cm³/mol. The standard InChI is InChI=1S/C12H16N4/c1-9(2)15-8-12-14-6-4-11(16-12)10-3-5-13-7-10/h3-7,9,13,15H,8H2,1-2H3. The minimum absolute atomic E-state index is 0.444. The van der Waals surface area contributed by atoms with Crippen molar-refractivity contribution in [2.45, 2.75) is 26.4 Å². The van der Waals surface area contributed by atoms with Gasteiger partial charge in [0.05, 0.1) is 12.2 Å². The van der Waals surface area contributed by atoms with Gasteiger partial charge in [-0.05, 0) is 12.1 Å². The summed E-state index contributed by atoms with van der Waals surface area (Å²) in [6.07, 6.45) is 5.62. The van der Waals surface area contributed by atoms with Gasteiger partial charge < -0.3 is 10.3 Å². The summed E-state index contributed by atoms with van der Waals surface area (Å²) in [7, 11) is 0. The summed E-state index contributed by atoms with van der Waals surface area (Å²) < 4.78 is 0. The number of nitrogens with zero attached hydrogens (tertiary/aromatic N) is 2. The van der Waals surface area contributed by atoms with Crippen LogP contribution in [0.25, 0.3) is 11.3 Å². The second-order valence-corrected chi connectivity index (χ2v) is 3.99. The van der Waals surface area contributed by atoms with E-state index in [1.54, 1.807) is 6.20 Å². The fraction of sp³-hybridized carbons (Fsp3) is 0.333. The molecule has 0 unspecified atom stereocenters. The molecule has 0 amide bonds. The van der Waals surface area contributed by atoms with Gasteiger partial charge in [-0.15, -0.1) is 0 Å². The van der Waals surface area contributed by atoms with E-state index in [1.807, 2.05) is 24.5 Å². The summed E-state index contributed by atoms with van der Waals surface area (Å²) in [5.74, 6) is 0.826. The summed E-state index contributed by atoms with van der Waals surface area (Å²) >= 11 is 0. The number of rotatable bonds is 4. The quantitative estimate of drug-likeness (QED) is 0.821. The summed E-state index contributed by atoms with van der Waals surface area (Å²) in [5, 5.41) is 3.30. The third-order valence-corrected chi connectivity index (χ3v) is 2.27. The smallest absolute Gasteiger partial charge is 0.142 e. The SMILES string of the molecule is CC(C)NCc1nccc(-c2cc[nH]c2)n1. The lowest BCUT2D eigenvalue weighted by atomic mass is 10.2. The van der Waals surface area contributed by atoms with Crippen LogP contribution in [0.15, 0.2) is 30.7 Å². The van der Waals surface area contributed by atoms with Crippen LogP contribution in [0.1, 0.15) is 19.7 Å². The Labute approximate surface area is 95.1 Å². The molecular formula is C12H16N4. The van der Waals surface area contributed by atoms with Crippen molar-refractivity contribution in [1.29, 1.82) is 0 Å². The molecule has 2 N–H and O–H groups in total. The Kier molecular flexibility index (Phi) is 3.31. The zero-order valence-electron chi connectivity index (χ0n) is 9.57. The van der Waals surface area contributed by atoms with Crippen molar-refractivity contribution in [3.8, 4) is 11.3 Å². The van der Waals surface area contributed by atoms with Crippen LogP contribution in [-0.2, 0) is 6.54 Å². The van der Waals surface area contributed by atoms with Crippen molar-refractivity contribution in [1.82, 2.24) is 20.3 Å². The molecule has 0 aliphatic heterocycles. The van der Waals surface area contributed by atoms with Gasteiger partial charge >= 0.3 is 0 Å². The molecule has 0 bridgehead atoms. The van der Waals surface area contributed by atoms with Crippen LogP contribution in [0.3, 0.4) is 0 Å². The van der Waals surface area contributed by atoms with E-state index in [2.05, 4.69) is 34.1 Å². The number of hydrogen-bond acceptors (Lipinski definition) is 3. The van der Waals surface area contributed by atoms with Crippen molar-refractivity contribution >= 4 is 0 Å². The summed E-state index contributed by atoms with van der Waals surface area (Å²) in [5.41, 5.74) is 2.05. The Morgan fingerprint density at radius 1 is 1.38 bits per heavy atom. The topological polar surface area (TPSA) is 53.6 Å². The second kappa shape index (κ2) is 4.90. The van der Waals surface area contributed by atoms with Gasteiger partial charge in [0.2, 0.25) is 0 Å². The van der Waals surface area contributed by atoms with E-state index in [1.165, 1.54) is 0 Å². The van der Waals surface area contributed by atoms with Gasteiger partial charge in [0, 0.05) is 30.2 Å². The van der Waals surface area contributed by atoms with Crippen LogP contribution >= 0.6 is 0 Å². The first-order valence-corrected chi connectivity index (χ1v) is 5.44. The van der Waals surface area contributed by atoms with Gasteiger partial charge in [0.25, 0.3) is 0 Å². The molecule has 0 aliphatic carbocycles. The van der Waals surface area contributed by atoms with Gasteiger partial charge in [-0.1, -0.05) is 13.8 Å². The molecule has 4 nitrogen and oxygen atoms in total. The minimum atomic E-state index is 0.444. The molecule has 2 heterocycles. The molecule has 0 atom stereocenters. The number of aromatic amines is 1.